The fraction of sp³-hybridized carbons (Fsp3) is 0.680. The molecule has 1 aromatic carbocycles. The van der Waals surface area contributed by atoms with Gasteiger partial charge in [0.2, 0.25) is 0 Å². The highest BCUT2D eigenvalue weighted by Gasteiger charge is 2.20. The van der Waals surface area contributed by atoms with Crippen molar-refractivity contribution in [1.82, 2.24) is 15.5 Å². The number of methoxy groups -OCH3 is 1. The highest BCUT2D eigenvalue weighted by Crippen LogP contribution is 2.24. The Morgan fingerprint density at radius 3 is 2.59 bits per heavy atom. The summed E-state index contributed by atoms with van der Waals surface area (Å²) in [5.41, 5.74) is 2.52. The molecule has 0 unspecified atom stereocenters. The van der Waals surface area contributed by atoms with Crippen molar-refractivity contribution >= 4 is 17.5 Å². The summed E-state index contributed by atoms with van der Waals surface area (Å²) in [5, 5.41) is 6.56. The molecule has 2 amide bonds. The van der Waals surface area contributed by atoms with E-state index in [9.17, 15) is 9.59 Å². The smallest absolute Gasteiger partial charge is 0.252 e. The Morgan fingerprint density at radius 1 is 1.03 bits per heavy atom. The summed E-state index contributed by atoms with van der Waals surface area (Å²) in [5.74, 6) is -0.0833. The fourth-order valence-electron chi connectivity index (χ4n) is 4.60. The molecule has 1 aromatic rings. The maximum Gasteiger partial charge on any atom is 0.252 e. The summed E-state index contributed by atoms with van der Waals surface area (Å²) in [6.45, 7) is 6.42. The number of amides is 2. The number of anilines is 1. The van der Waals surface area contributed by atoms with E-state index in [-0.39, 0.29) is 18.4 Å². The number of hydrogen-bond acceptors (Lipinski definition) is 5. The van der Waals surface area contributed by atoms with Crippen LogP contribution in [-0.4, -0.2) is 69.7 Å². The second kappa shape index (κ2) is 13.6. The molecule has 178 valence electrons. The van der Waals surface area contributed by atoms with Gasteiger partial charge in [0.15, 0.2) is 0 Å². The molecule has 2 heterocycles. The van der Waals surface area contributed by atoms with E-state index >= 15 is 0 Å². The fourth-order valence-corrected chi connectivity index (χ4v) is 4.60. The lowest BCUT2D eigenvalue weighted by Gasteiger charge is -2.26. The molecule has 0 aliphatic carbocycles. The number of ether oxygens (including phenoxy) is 1. The largest absolute Gasteiger partial charge is 0.375 e. The SMILES string of the molecule is COCC(=O)N1CCCCCCCNCc2cc(C(=O)NCCCN3CCCC3)ccc21. The highest BCUT2D eigenvalue weighted by molar-refractivity contribution is 5.98. The molecule has 0 radical (unpaired) electrons. The van der Waals surface area contributed by atoms with Gasteiger partial charge in [-0.3, -0.25) is 9.59 Å². The molecule has 0 saturated carbocycles. The van der Waals surface area contributed by atoms with Crippen LogP contribution in [0.5, 0.6) is 0 Å². The van der Waals surface area contributed by atoms with Crippen LogP contribution in [0.1, 0.15) is 67.3 Å². The molecular weight excluding hydrogens is 404 g/mol. The van der Waals surface area contributed by atoms with Crippen LogP contribution in [0.15, 0.2) is 18.2 Å². The van der Waals surface area contributed by atoms with Gasteiger partial charge in [0, 0.05) is 38.0 Å². The molecule has 32 heavy (non-hydrogen) atoms. The topological polar surface area (TPSA) is 73.9 Å². The summed E-state index contributed by atoms with van der Waals surface area (Å²) in [7, 11) is 1.55. The summed E-state index contributed by atoms with van der Waals surface area (Å²) >= 11 is 0. The first kappa shape index (κ1) is 24.7. The Bertz CT molecular complexity index is 734. The van der Waals surface area contributed by atoms with E-state index in [2.05, 4.69) is 15.5 Å². The van der Waals surface area contributed by atoms with E-state index in [1.165, 1.54) is 38.8 Å². The first-order valence-electron chi connectivity index (χ1n) is 12.3. The lowest BCUT2D eigenvalue weighted by atomic mass is 10.0. The molecule has 1 fully saturated rings. The van der Waals surface area contributed by atoms with Gasteiger partial charge in [0.05, 0.1) is 0 Å². The van der Waals surface area contributed by atoms with Crippen molar-refractivity contribution in [2.45, 2.75) is 57.9 Å². The van der Waals surface area contributed by atoms with E-state index in [0.717, 1.165) is 50.0 Å². The number of rotatable bonds is 7. The second-order valence-corrected chi connectivity index (χ2v) is 8.92. The lowest BCUT2D eigenvalue weighted by molar-refractivity contribution is -0.122. The Hall–Kier alpha value is -1.96. The van der Waals surface area contributed by atoms with E-state index < -0.39 is 0 Å². The van der Waals surface area contributed by atoms with E-state index in [4.69, 9.17) is 4.74 Å². The van der Waals surface area contributed by atoms with Crippen LogP contribution < -0.4 is 15.5 Å². The highest BCUT2D eigenvalue weighted by atomic mass is 16.5. The summed E-state index contributed by atoms with van der Waals surface area (Å²) in [6.07, 6.45) is 9.18. The van der Waals surface area contributed by atoms with Gasteiger partial charge in [0.1, 0.15) is 6.61 Å². The average molecular weight is 445 g/mol. The summed E-state index contributed by atoms with van der Waals surface area (Å²) in [6, 6.07) is 5.71. The molecule has 3 rings (SSSR count). The van der Waals surface area contributed by atoms with Crippen LogP contribution in [0.25, 0.3) is 0 Å². The average Bonchev–Trinajstić information content (AvgIpc) is 3.31. The number of likely N-dealkylation sites (tertiary alicyclic amines) is 1. The van der Waals surface area contributed by atoms with Crippen LogP contribution in [0.3, 0.4) is 0 Å². The van der Waals surface area contributed by atoms with Gasteiger partial charge in [-0.1, -0.05) is 19.3 Å². The number of carbonyl (C=O) groups excluding carboxylic acids is 2. The first-order valence-corrected chi connectivity index (χ1v) is 12.3. The third-order valence-corrected chi connectivity index (χ3v) is 6.39. The Morgan fingerprint density at radius 2 is 1.78 bits per heavy atom. The third kappa shape index (κ3) is 7.57. The van der Waals surface area contributed by atoms with Gasteiger partial charge >= 0.3 is 0 Å². The molecule has 2 N–H and O–H groups in total. The molecule has 0 atom stereocenters. The van der Waals surface area contributed by atoms with Gasteiger partial charge in [-0.05, 0) is 82.0 Å². The molecule has 0 aromatic heterocycles. The summed E-state index contributed by atoms with van der Waals surface area (Å²) < 4.78 is 5.12. The number of fused-ring (bicyclic) bond motifs is 1. The number of hydrogen-bond donors (Lipinski definition) is 2. The predicted molar refractivity (Wildman–Crippen MR) is 128 cm³/mol. The first-order chi connectivity index (χ1) is 15.7. The Kier molecular flexibility index (Phi) is 10.5. The molecule has 2 aliphatic heterocycles. The van der Waals surface area contributed by atoms with Crippen molar-refractivity contribution in [2.75, 3.05) is 57.9 Å². The Balaban J connectivity index is 1.68. The lowest BCUT2D eigenvalue weighted by Crippen LogP contribution is -2.36. The number of benzene rings is 1. The zero-order valence-electron chi connectivity index (χ0n) is 19.7. The van der Waals surface area contributed by atoms with E-state index in [0.29, 0.717) is 25.2 Å². The van der Waals surface area contributed by atoms with Crippen molar-refractivity contribution < 1.29 is 14.3 Å². The zero-order valence-corrected chi connectivity index (χ0v) is 19.7. The van der Waals surface area contributed by atoms with Crippen molar-refractivity contribution in [3.8, 4) is 0 Å². The van der Waals surface area contributed by atoms with Crippen molar-refractivity contribution in [2.24, 2.45) is 0 Å². The third-order valence-electron chi connectivity index (χ3n) is 6.39. The van der Waals surface area contributed by atoms with Gasteiger partial charge in [-0.2, -0.15) is 0 Å². The molecule has 0 bridgehead atoms. The molecular formula is C25H40N4O3. The summed E-state index contributed by atoms with van der Waals surface area (Å²) in [4.78, 5) is 29.8. The molecule has 7 heteroatoms. The van der Waals surface area contributed by atoms with E-state index in [1.807, 2.05) is 23.1 Å². The van der Waals surface area contributed by atoms with Gasteiger partial charge in [-0.15, -0.1) is 0 Å². The maximum atomic E-state index is 12.8. The van der Waals surface area contributed by atoms with Crippen molar-refractivity contribution in [1.29, 1.82) is 0 Å². The zero-order chi connectivity index (χ0) is 22.6. The molecule has 0 spiro atoms. The standard InChI is InChI=1S/C25H40N4O3/c1-32-20-24(30)29-17-6-4-2-3-5-12-26-19-22-18-21(10-11-23(22)29)25(31)27-13-9-16-28-14-7-8-15-28/h10-11,18,26H,2-9,12-17,19-20H2,1H3,(H,27,31). The minimum absolute atomic E-state index is 0.0371. The van der Waals surface area contributed by atoms with Crippen LogP contribution in [0.2, 0.25) is 0 Å². The minimum atomic E-state index is -0.0462. The van der Waals surface area contributed by atoms with Crippen LogP contribution in [0.4, 0.5) is 5.69 Å². The van der Waals surface area contributed by atoms with Crippen molar-refractivity contribution in [3.05, 3.63) is 29.3 Å². The van der Waals surface area contributed by atoms with Crippen LogP contribution in [-0.2, 0) is 16.1 Å². The van der Waals surface area contributed by atoms with Gasteiger partial charge in [0.25, 0.3) is 11.8 Å². The Labute approximate surface area is 192 Å². The van der Waals surface area contributed by atoms with Crippen LogP contribution in [0, 0.1) is 0 Å². The quantitative estimate of drug-likeness (QED) is 0.633. The monoisotopic (exact) mass is 444 g/mol. The van der Waals surface area contributed by atoms with E-state index in [1.54, 1.807) is 7.11 Å². The number of nitrogens with zero attached hydrogens (tertiary/aromatic N) is 2. The van der Waals surface area contributed by atoms with Crippen LogP contribution >= 0.6 is 0 Å². The molecule has 2 aliphatic rings. The molecule has 7 nitrogen and oxygen atoms in total. The minimum Gasteiger partial charge on any atom is -0.375 e. The normalized spacial score (nSPS) is 18.5. The predicted octanol–water partition coefficient (Wildman–Crippen LogP) is 2.94. The van der Waals surface area contributed by atoms with Crippen molar-refractivity contribution in [3.63, 3.8) is 0 Å². The van der Waals surface area contributed by atoms with Gasteiger partial charge < -0.3 is 25.2 Å². The molecule has 1 saturated heterocycles. The second-order valence-electron chi connectivity index (χ2n) is 8.92. The number of nitrogens with one attached hydrogen (secondary N) is 2. The number of carbonyl (C=O) groups is 2. The maximum absolute atomic E-state index is 12.8. The van der Waals surface area contributed by atoms with Gasteiger partial charge in [-0.25, -0.2) is 0 Å².